The lowest BCUT2D eigenvalue weighted by Gasteiger charge is -2.19. The number of hydrogen-bond donors (Lipinski definition) is 0. The first-order valence-electron chi connectivity index (χ1n) is 5.39. The summed E-state index contributed by atoms with van der Waals surface area (Å²) in [5.41, 5.74) is 0. The lowest BCUT2D eigenvalue weighted by molar-refractivity contribution is -0.130. The highest BCUT2D eigenvalue weighted by Crippen LogP contribution is 2.16. The molecule has 1 saturated heterocycles. The van der Waals surface area contributed by atoms with Crippen LogP contribution in [0, 0.1) is 17.8 Å². The second-order valence-electron chi connectivity index (χ2n) is 4.23. The molecule has 2 heteroatoms. The zero-order valence-electron chi connectivity index (χ0n) is 9.34. The van der Waals surface area contributed by atoms with Crippen LogP contribution >= 0.6 is 0 Å². The summed E-state index contributed by atoms with van der Waals surface area (Å²) in [6.45, 7) is 7.11. The van der Waals surface area contributed by atoms with Crippen molar-refractivity contribution in [3.05, 3.63) is 0 Å². The van der Waals surface area contributed by atoms with Gasteiger partial charge >= 0.3 is 0 Å². The molecule has 0 saturated carbocycles. The van der Waals surface area contributed by atoms with Crippen molar-refractivity contribution < 1.29 is 6.22 Å². The highest BCUT2D eigenvalue weighted by Gasteiger charge is 2.23. The van der Waals surface area contributed by atoms with Gasteiger partial charge in [0.15, 0.2) is 0 Å². The van der Waals surface area contributed by atoms with E-state index >= 15 is 0 Å². The minimum Gasteiger partial charge on any atom is -0.339 e. The Labute approximate surface area is 88.2 Å². The number of carbonyl (C=O) groups excluding carboxylic acids is 1. The molecule has 0 aromatic rings. The normalized spacial score (nSPS) is 20.9. The molecular weight excluding hydrogens is 174 g/mol. The Morgan fingerprint density at radius 1 is 1.64 bits per heavy atom. The van der Waals surface area contributed by atoms with Crippen LogP contribution in [-0.4, -0.2) is 23.4 Å². The second-order valence-corrected chi connectivity index (χ2v) is 4.23. The first kappa shape index (κ1) is 11.1. The van der Waals surface area contributed by atoms with Gasteiger partial charge in [0, 0.05) is 19.9 Å². The maximum atomic E-state index is 11.7. The predicted molar refractivity (Wildman–Crippen MR) is 59.8 cm³/mol. The summed E-state index contributed by atoms with van der Waals surface area (Å²) in [5, 5.41) is 0. The maximum absolute atomic E-state index is 11.7. The molecule has 1 heterocycles. The molecule has 1 atom stereocenters. The summed E-state index contributed by atoms with van der Waals surface area (Å²) in [4.78, 5) is 13.6. The summed E-state index contributed by atoms with van der Waals surface area (Å²) in [6.07, 6.45) is 2.68. The quantitative estimate of drug-likeness (QED) is 0.588. The van der Waals surface area contributed by atoms with Crippen LogP contribution in [0.1, 0.15) is 41.5 Å². The number of nitrogens with zero attached hydrogens (tertiary/aromatic N) is 1. The van der Waals surface area contributed by atoms with Crippen LogP contribution in [0.4, 0.5) is 0 Å². The van der Waals surface area contributed by atoms with Crippen molar-refractivity contribution >= 4 is 5.91 Å². The zero-order chi connectivity index (χ0) is 10.6. The van der Waals surface area contributed by atoms with Gasteiger partial charge in [-0.1, -0.05) is 25.7 Å². The molecule has 1 rings (SSSR count). The van der Waals surface area contributed by atoms with E-state index in [1.807, 2.05) is 18.7 Å². The van der Waals surface area contributed by atoms with Gasteiger partial charge < -0.3 is 4.90 Å². The number of carbonyl (C=O) groups is 1. The second kappa shape index (κ2) is 5.05. The van der Waals surface area contributed by atoms with Gasteiger partial charge in [-0.2, -0.15) is 0 Å². The summed E-state index contributed by atoms with van der Waals surface area (Å²) >= 11 is 0. The average molecular weight is 195 g/mol. The molecule has 0 aromatic carbocycles. The van der Waals surface area contributed by atoms with Crippen molar-refractivity contribution in [3.63, 3.8) is 0 Å². The molecule has 1 fully saturated rings. The van der Waals surface area contributed by atoms with Gasteiger partial charge in [-0.3, -0.25) is 4.79 Å². The monoisotopic (exact) mass is 195 g/mol. The molecule has 0 aliphatic carbocycles. The lowest BCUT2D eigenvalue weighted by Crippen LogP contribution is -2.33. The molecule has 0 aromatic heterocycles. The summed E-state index contributed by atoms with van der Waals surface area (Å²) in [6, 6.07) is 0.420. The van der Waals surface area contributed by atoms with E-state index in [4.69, 9.17) is 0 Å². The average Bonchev–Trinajstić information content (AvgIpc) is 2.50. The summed E-state index contributed by atoms with van der Waals surface area (Å²) in [7, 11) is 0. The van der Waals surface area contributed by atoms with Gasteiger partial charge in [-0.15, -0.1) is 0 Å². The van der Waals surface area contributed by atoms with Crippen LogP contribution in [0.3, 0.4) is 0 Å². The van der Waals surface area contributed by atoms with Crippen LogP contribution in [0.15, 0.2) is 0 Å². The van der Waals surface area contributed by atoms with E-state index in [9.17, 15) is 4.79 Å². The Balaban J connectivity index is 0.00000196. The number of amides is 1. The third-order valence-electron chi connectivity index (χ3n) is 2.50. The zero-order valence-corrected chi connectivity index (χ0v) is 9.34. The SMILES string of the molecule is CC(C)C#CCC(=O)N1CCC[C@H]1C.[HH]. The molecule has 0 bridgehead atoms. The molecule has 0 N–H and O–H groups in total. The first-order valence-corrected chi connectivity index (χ1v) is 5.39. The molecular formula is C12H21NO. The molecule has 80 valence electrons. The molecule has 1 aliphatic rings. The Bertz CT molecular complexity index is 265. The van der Waals surface area contributed by atoms with E-state index in [0.717, 1.165) is 19.4 Å². The van der Waals surface area contributed by atoms with Crippen LogP contribution in [0.25, 0.3) is 0 Å². The van der Waals surface area contributed by atoms with E-state index in [0.29, 0.717) is 18.4 Å². The lowest BCUT2D eigenvalue weighted by atomic mass is 10.2. The molecule has 0 spiro atoms. The highest BCUT2D eigenvalue weighted by molar-refractivity contribution is 5.79. The molecule has 0 unspecified atom stereocenters. The van der Waals surface area contributed by atoms with Gasteiger partial charge in [-0.05, 0) is 19.8 Å². The standard InChI is InChI=1S/C12H19NO.H2/c1-10(2)6-4-8-12(14)13-9-5-7-11(13)3;/h10-11H,5,7-9H2,1-3H3;1H/t11-;/m1./s1. The third kappa shape index (κ3) is 3.06. The highest BCUT2D eigenvalue weighted by atomic mass is 16.2. The van der Waals surface area contributed by atoms with Gasteiger partial charge in [0.05, 0.1) is 6.42 Å². The van der Waals surface area contributed by atoms with Gasteiger partial charge in [-0.25, -0.2) is 0 Å². The Morgan fingerprint density at radius 2 is 2.36 bits per heavy atom. The number of likely N-dealkylation sites (tertiary alicyclic amines) is 1. The third-order valence-corrected chi connectivity index (χ3v) is 2.50. The van der Waals surface area contributed by atoms with Crippen molar-refractivity contribution in [2.75, 3.05) is 6.54 Å². The van der Waals surface area contributed by atoms with Crippen molar-refractivity contribution in [1.82, 2.24) is 4.90 Å². The molecule has 0 radical (unpaired) electrons. The Hall–Kier alpha value is -0.970. The van der Waals surface area contributed by atoms with Crippen molar-refractivity contribution in [3.8, 4) is 11.8 Å². The van der Waals surface area contributed by atoms with E-state index in [-0.39, 0.29) is 7.33 Å². The fourth-order valence-electron chi connectivity index (χ4n) is 1.74. The van der Waals surface area contributed by atoms with E-state index in [2.05, 4.69) is 18.8 Å². The van der Waals surface area contributed by atoms with Crippen LogP contribution in [-0.2, 0) is 4.79 Å². The largest absolute Gasteiger partial charge is 0.339 e. The van der Waals surface area contributed by atoms with Crippen molar-refractivity contribution in [1.29, 1.82) is 0 Å². The van der Waals surface area contributed by atoms with Gasteiger partial charge in [0.25, 0.3) is 0 Å². The minimum atomic E-state index is 0. The number of hydrogen-bond acceptors (Lipinski definition) is 1. The van der Waals surface area contributed by atoms with E-state index in [1.165, 1.54) is 0 Å². The maximum Gasteiger partial charge on any atom is 0.234 e. The van der Waals surface area contributed by atoms with Crippen molar-refractivity contribution in [2.45, 2.75) is 46.1 Å². The fraction of sp³-hybridized carbons (Fsp3) is 0.750. The topological polar surface area (TPSA) is 20.3 Å². The minimum absolute atomic E-state index is 0. The first-order chi connectivity index (χ1) is 6.61. The summed E-state index contributed by atoms with van der Waals surface area (Å²) < 4.78 is 0. The smallest absolute Gasteiger partial charge is 0.234 e. The van der Waals surface area contributed by atoms with Crippen LogP contribution < -0.4 is 0 Å². The fourth-order valence-corrected chi connectivity index (χ4v) is 1.74. The number of rotatable bonds is 1. The molecule has 2 nitrogen and oxygen atoms in total. The molecule has 1 amide bonds. The summed E-state index contributed by atoms with van der Waals surface area (Å²) in [5.74, 6) is 6.52. The van der Waals surface area contributed by atoms with E-state index in [1.54, 1.807) is 0 Å². The van der Waals surface area contributed by atoms with Gasteiger partial charge in [0.2, 0.25) is 5.91 Å². The van der Waals surface area contributed by atoms with Gasteiger partial charge in [0.1, 0.15) is 0 Å². The molecule has 1 aliphatic heterocycles. The molecule has 14 heavy (non-hydrogen) atoms. The predicted octanol–water partition coefficient (Wildman–Crippen LogP) is 2.29. The van der Waals surface area contributed by atoms with Crippen LogP contribution in [0.5, 0.6) is 0 Å². The van der Waals surface area contributed by atoms with Crippen molar-refractivity contribution in [2.24, 2.45) is 5.92 Å². The van der Waals surface area contributed by atoms with E-state index < -0.39 is 0 Å². The Morgan fingerprint density at radius 3 is 2.86 bits per heavy atom. The van der Waals surface area contributed by atoms with Crippen LogP contribution in [0.2, 0.25) is 0 Å². The Kier molecular flexibility index (Phi) is 4.00.